The van der Waals surface area contributed by atoms with Gasteiger partial charge in [0, 0.05) is 49.0 Å². The molecule has 0 bridgehead atoms. The van der Waals surface area contributed by atoms with E-state index in [1.165, 1.54) is 27.6 Å². The third-order valence-electron chi connectivity index (χ3n) is 5.53. The molecule has 0 fully saturated rings. The fraction of sp³-hybridized carbons (Fsp3) is 0.381. The summed E-state index contributed by atoms with van der Waals surface area (Å²) < 4.78 is 2.59. The average molecular weight is 319 g/mol. The van der Waals surface area contributed by atoms with Crippen LogP contribution in [0.25, 0.3) is 10.9 Å². The second-order valence-electron chi connectivity index (χ2n) is 7.12. The molecule has 3 heterocycles. The smallest absolute Gasteiger partial charge is 0.0515 e. The Hall–Kier alpha value is -2.13. The Morgan fingerprint density at radius 3 is 2.75 bits per heavy atom. The van der Waals surface area contributed by atoms with Gasteiger partial charge in [-0.15, -0.1) is 0 Å². The maximum atomic E-state index is 4.13. The zero-order valence-electron chi connectivity index (χ0n) is 14.8. The molecule has 0 N–H and O–H groups in total. The second-order valence-corrected chi connectivity index (χ2v) is 7.12. The van der Waals surface area contributed by atoms with Gasteiger partial charge in [0.2, 0.25) is 0 Å². The predicted molar refractivity (Wildman–Crippen MR) is 99.2 cm³/mol. The van der Waals surface area contributed by atoms with Crippen LogP contribution in [-0.4, -0.2) is 27.5 Å². The van der Waals surface area contributed by atoms with Crippen LogP contribution >= 0.6 is 0 Å². The van der Waals surface area contributed by atoms with Gasteiger partial charge in [-0.1, -0.05) is 18.2 Å². The van der Waals surface area contributed by atoms with E-state index in [-0.39, 0.29) is 0 Å². The molecule has 24 heavy (non-hydrogen) atoms. The molecule has 2 aromatic heterocycles. The third-order valence-corrected chi connectivity index (χ3v) is 5.53. The first-order chi connectivity index (χ1) is 11.6. The van der Waals surface area contributed by atoms with Crippen LogP contribution in [0.15, 0.2) is 42.7 Å². The molecule has 3 nitrogen and oxygen atoms in total. The molecule has 1 aliphatic rings. The summed E-state index contributed by atoms with van der Waals surface area (Å²) in [6.07, 6.45) is 5.97. The maximum absolute atomic E-state index is 4.13. The lowest BCUT2D eigenvalue weighted by Gasteiger charge is -2.31. The highest BCUT2D eigenvalue weighted by molar-refractivity contribution is 5.88. The number of likely N-dealkylation sites (N-methyl/N-ethyl adjacent to an activating group) is 1. The van der Waals surface area contributed by atoms with E-state index >= 15 is 0 Å². The van der Waals surface area contributed by atoms with Crippen molar-refractivity contribution >= 4 is 10.9 Å². The minimum absolute atomic E-state index is 0.599. The molecular formula is C21H25N3. The first kappa shape index (κ1) is 15.4. The standard InChI is InChI=1S/C21H25N3/c1-15-5-4-6-18-19-14-23(3)16(2)13-20(19)24(21(15)18)12-9-17-7-10-22-11-8-17/h4-8,10-11,16H,9,12-14H2,1-3H3. The van der Waals surface area contributed by atoms with Gasteiger partial charge in [0.25, 0.3) is 0 Å². The molecule has 1 aliphatic heterocycles. The van der Waals surface area contributed by atoms with Crippen LogP contribution in [0.1, 0.15) is 29.3 Å². The van der Waals surface area contributed by atoms with Gasteiger partial charge in [0.1, 0.15) is 0 Å². The number of benzene rings is 1. The van der Waals surface area contributed by atoms with Crippen molar-refractivity contribution in [3.05, 3.63) is 65.1 Å². The normalized spacial score (nSPS) is 18.0. The van der Waals surface area contributed by atoms with E-state index in [1.54, 1.807) is 5.69 Å². The number of rotatable bonds is 3. The molecule has 0 saturated heterocycles. The molecule has 0 saturated carbocycles. The second kappa shape index (κ2) is 6.06. The van der Waals surface area contributed by atoms with E-state index in [0.29, 0.717) is 6.04 Å². The van der Waals surface area contributed by atoms with E-state index in [2.05, 4.69) is 65.7 Å². The van der Waals surface area contributed by atoms with Crippen LogP contribution < -0.4 is 0 Å². The Bertz CT molecular complexity index is 864. The number of hydrogen-bond acceptors (Lipinski definition) is 2. The Balaban J connectivity index is 1.80. The fourth-order valence-corrected chi connectivity index (χ4v) is 4.00. The monoisotopic (exact) mass is 319 g/mol. The average Bonchev–Trinajstić information content (AvgIpc) is 2.89. The quantitative estimate of drug-likeness (QED) is 0.728. The highest BCUT2D eigenvalue weighted by Gasteiger charge is 2.26. The summed E-state index contributed by atoms with van der Waals surface area (Å²) in [5.41, 5.74) is 7.24. The van der Waals surface area contributed by atoms with Crippen molar-refractivity contribution in [3.63, 3.8) is 0 Å². The Labute approximate surface area is 143 Å². The van der Waals surface area contributed by atoms with Gasteiger partial charge in [-0.2, -0.15) is 0 Å². The van der Waals surface area contributed by atoms with Crippen molar-refractivity contribution in [1.29, 1.82) is 0 Å². The topological polar surface area (TPSA) is 21.1 Å². The van der Waals surface area contributed by atoms with Gasteiger partial charge in [0.15, 0.2) is 0 Å². The van der Waals surface area contributed by atoms with Gasteiger partial charge >= 0.3 is 0 Å². The summed E-state index contributed by atoms with van der Waals surface area (Å²) >= 11 is 0. The largest absolute Gasteiger partial charge is 0.344 e. The number of aryl methyl sites for hydroxylation is 3. The van der Waals surface area contributed by atoms with Crippen LogP contribution in [0.4, 0.5) is 0 Å². The lowest BCUT2D eigenvalue weighted by Crippen LogP contribution is -2.35. The van der Waals surface area contributed by atoms with Crippen LogP contribution in [0.2, 0.25) is 0 Å². The highest BCUT2D eigenvalue weighted by Crippen LogP contribution is 2.34. The molecule has 0 aliphatic carbocycles. The zero-order chi connectivity index (χ0) is 16.7. The van der Waals surface area contributed by atoms with Crippen molar-refractivity contribution in [3.8, 4) is 0 Å². The molecule has 1 atom stereocenters. The summed E-state index contributed by atoms with van der Waals surface area (Å²) in [6, 6.07) is 11.6. The van der Waals surface area contributed by atoms with Crippen molar-refractivity contribution in [2.45, 2.75) is 45.8 Å². The Morgan fingerprint density at radius 1 is 1.17 bits per heavy atom. The van der Waals surface area contributed by atoms with Gasteiger partial charge in [-0.05, 0) is 56.1 Å². The fourth-order valence-electron chi connectivity index (χ4n) is 4.00. The maximum Gasteiger partial charge on any atom is 0.0515 e. The zero-order valence-corrected chi connectivity index (χ0v) is 14.8. The molecule has 0 spiro atoms. The van der Waals surface area contributed by atoms with Gasteiger partial charge in [-0.3, -0.25) is 9.88 Å². The molecule has 3 heteroatoms. The summed E-state index contributed by atoms with van der Waals surface area (Å²) in [4.78, 5) is 6.60. The SMILES string of the molecule is Cc1cccc2c3c(n(CCc4ccncc4)c12)CC(C)N(C)C3. The van der Waals surface area contributed by atoms with Crippen LogP contribution in [0.5, 0.6) is 0 Å². The molecule has 0 radical (unpaired) electrons. The van der Waals surface area contributed by atoms with Crippen LogP contribution in [0.3, 0.4) is 0 Å². The van der Waals surface area contributed by atoms with Crippen molar-refractivity contribution in [1.82, 2.24) is 14.5 Å². The number of aromatic nitrogens is 2. The summed E-state index contributed by atoms with van der Waals surface area (Å²) in [5.74, 6) is 0. The molecule has 0 amide bonds. The summed E-state index contributed by atoms with van der Waals surface area (Å²) in [5, 5.41) is 1.44. The van der Waals surface area contributed by atoms with Crippen molar-refractivity contribution in [2.24, 2.45) is 0 Å². The van der Waals surface area contributed by atoms with Crippen LogP contribution in [0, 0.1) is 6.92 Å². The highest BCUT2D eigenvalue weighted by atomic mass is 15.1. The first-order valence-corrected chi connectivity index (χ1v) is 8.84. The minimum atomic E-state index is 0.599. The number of nitrogens with zero attached hydrogens (tertiary/aromatic N) is 3. The number of para-hydroxylation sites is 1. The molecule has 124 valence electrons. The van der Waals surface area contributed by atoms with Crippen molar-refractivity contribution in [2.75, 3.05) is 7.05 Å². The summed E-state index contributed by atoms with van der Waals surface area (Å²) in [6.45, 7) is 6.67. The van der Waals surface area contributed by atoms with Gasteiger partial charge in [0.05, 0.1) is 5.52 Å². The Kier molecular flexibility index (Phi) is 3.89. The molecule has 3 aromatic rings. The van der Waals surface area contributed by atoms with Crippen molar-refractivity contribution < 1.29 is 0 Å². The van der Waals surface area contributed by atoms with E-state index in [9.17, 15) is 0 Å². The lowest BCUT2D eigenvalue weighted by atomic mass is 9.99. The Morgan fingerprint density at radius 2 is 1.96 bits per heavy atom. The lowest BCUT2D eigenvalue weighted by molar-refractivity contribution is 0.228. The van der Waals surface area contributed by atoms with Crippen LogP contribution in [-0.2, 0) is 25.9 Å². The number of hydrogen-bond donors (Lipinski definition) is 0. The van der Waals surface area contributed by atoms with E-state index < -0.39 is 0 Å². The summed E-state index contributed by atoms with van der Waals surface area (Å²) in [7, 11) is 2.24. The molecule has 4 rings (SSSR count). The predicted octanol–water partition coefficient (Wildman–Crippen LogP) is 3.96. The third kappa shape index (κ3) is 2.53. The number of fused-ring (bicyclic) bond motifs is 3. The van der Waals surface area contributed by atoms with E-state index in [1.807, 2.05) is 12.4 Å². The first-order valence-electron chi connectivity index (χ1n) is 8.84. The molecule has 1 unspecified atom stereocenters. The van der Waals surface area contributed by atoms with E-state index in [0.717, 1.165) is 25.9 Å². The van der Waals surface area contributed by atoms with Gasteiger partial charge < -0.3 is 4.57 Å². The number of pyridine rings is 1. The minimum Gasteiger partial charge on any atom is -0.344 e. The molecular weight excluding hydrogens is 294 g/mol. The molecule has 1 aromatic carbocycles. The van der Waals surface area contributed by atoms with Gasteiger partial charge in [-0.25, -0.2) is 0 Å². The van der Waals surface area contributed by atoms with E-state index in [4.69, 9.17) is 0 Å².